The van der Waals surface area contributed by atoms with E-state index in [1.165, 1.54) is 32.4 Å². The number of carbonyl (C=O) groups is 2. The van der Waals surface area contributed by atoms with Gasteiger partial charge in [0.05, 0.1) is 20.6 Å². The molecule has 0 heterocycles. The van der Waals surface area contributed by atoms with Crippen molar-refractivity contribution in [3.63, 3.8) is 0 Å². The van der Waals surface area contributed by atoms with Crippen molar-refractivity contribution in [2.24, 2.45) is 0 Å². The highest BCUT2D eigenvalue weighted by Crippen LogP contribution is 2.28. The number of sulfonamides is 1. The smallest absolute Gasteiger partial charge is 0.307 e. The molecule has 1 amide bonds. The van der Waals surface area contributed by atoms with Crippen LogP contribution in [0.2, 0.25) is 0 Å². The second-order valence-electron chi connectivity index (χ2n) is 5.34. The van der Waals surface area contributed by atoms with Crippen molar-refractivity contribution in [1.82, 2.24) is 10.0 Å². The highest BCUT2D eigenvalue weighted by molar-refractivity contribution is 7.89. The summed E-state index contributed by atoms with van der Waals surface area (Å²) < 4.78 is 36.9. The van der Waals surface area contributed by atoms with Gasteiger partial charge in [-0.25, -0.2) is 13.1 Å². The van der Waals surface area contributed by atoms with Crippen LogP contribution in [0.1, 0.15) is 29.6 Å². The van der Waals surface area contributed by atoms with E-state index in [9.17, 15) is 18.0 Å². The summed E-state index contributed by atoms with van der Waals surface area (Å²) in [5, 5.41) is 2.54. The molecular weight excluding hydrogens is 336 g/mol. The number of nitrogens with one attached hydrogen (secondary N) is 2. The van der Waals surface area contributed by atoms with Crippen molar-refractivity contribution < 1.29 is 27.5 Å². The van der Waals surface area contributed by atoms with Crippen LogP contribution in [0.25, 0.3) is 0 Å². The molecule has 8 nitrogen and oxygen atoms in total. The van der Waals surface area contributed by atoms with Crippen LogP contribution in [-0.4, -0.2) is 47.1 Å². The molecule has 0 bridgehead atoms. The average Bonchev–Trinajstić information content (AvgIpc) is 3.37. The summed E-state index contributed by atoms with van der Waals surface area (Å²) >= 11 is 0. The average molecular weight is 356 g/mol. The van der Waals surface area contributed by atoms with Gasteiger partial charge in [0.1, 0.15) is 10.6 Å². The van der Waals surface area contributed by atoms with Gasteiger partial charge in [0.25, 0.3) is 5.91 Å². The molecule has 1 aliphatic carbocycles. The number of rotatable bonds is 8. The number of esters is 1. The maximum Gasteiger partial charge on any atom is 0.307 e. The van der Waals surface area contributed by atoms with E-state index >= 15 is 0 Å². The summed E-state index contributed by atoms with van der Waals surface area (Å²) in [6.45, 7) is 0.0972. The zero-order valence-corrected chi connectivity index (χ0v) is 14.3. The van der Waals surface area contributed by atoms with Crippen molar-refractivity contribution in [3.05, 3.63) is 23.8 Å². The summed E-state index contributed by atoms with van der Waals surface area (Å²) in [5.41, 5.74) is 0.164. The molecule has 132 valence electrons. The van der Waals surface area contributed by atoms with Crippen molar-refractivity contribution >= 4 is 21.9 Å². The van der Waals surface area contributed by atoms with Gasteiger partial charge in [0, 0.05) is 18.2 Å². The molecule has 0 atom stereocenters. The van der Waals surface area contributed by atoms with Crippen molar-refractivity contribution in [2.45, 2.75) is 30.2 Å². The zero-order chi connectivity index (χ0) is 17.7. The topological polar surface area (TPSA) is 111 Å². The first-order valence-electron chi connectivity index (χ1n) is 7.42. The van der Waals surface area contributed by atoms with E-state index in [0.717, 1.165) is 12.8 Å². The number of methoxy groups -OCH3 is 2. The third kappa shape index (κ3) is 4.68. The summed E-state index contributed by atoms with van der Waals surface area (Å²) in [5.74, 6) is -0.763. The fourth-order valence-corrected chi connectivity index (χ4v) is 3.49. The lowest BCUT2D eigenvalue weighted by Crippen LogP contribution is -2.28. The van der Waals surface area contributed by atoms with E-state index in [-0.39, 0.29) is 35.2 Å². The maximum absolute atomic E-state index is 12.4. The lowest BCUT2D eigenvalue weighted by atomic mass is 10.2. The van der Waals surface area contributed by atoms with Crippen molar-refractivity contribution in [1.29, 1.82) is 0 Å². The number of carbonyl (C=O) groups excluding carboxylic acids is 2. The summed E-state index contributed by atoms with van der Waals surface area (Å²) in [7, 11) is -1.14. The molecule has 2 rings (SSSR count). The molecule has 0 unspecified atom stereocenters. The number of benzene rings is 1. The molecule has 1 aliphatic rings. The van der Waals surface area contributed by atoms with Crippen LogP contribution < -0.4 is 14.8 Å². The van der Waals surface area contributed by atoms with Gasteiger partial charge in [-0.2, -0.15) is 0 Å². The number of ether oxygens (including phenoxy) is 2. The SMILES string of the molecule is COC(=O)CCNC(=O)c1ccc(OC)c(S(=O)(=O)NC2CC2)c1. The molecule has 0 aromatic heterocycles. The molecular formula is C15H20N2O6S. The Kier molecular flexibility index (Phi) is 5.79. The van der Waals surface area contributed by atoms with E-state index in [1.54, 1.807) is 0 Å². The summed E-state index contributed by atoms with van der Waals surface area (Å²) in [6, 6.07) is 4.09. The van der Waals surface area contributed by atoms with E-state index in [0.29, 0.717) is 0 Å². The highest BCUT2D eigenvalue weighted by Gasteiger charge is 2.30. The molecule has 1 aromatic carbocycles. The third-order valence-electron chi connectivity index (χ3n) is 3.46. The molecule has 0 saturated heterocycles. The maximum atomic E-state index is 12.4. The van der Waals surface area contributed by atoms with Crippen molar-refractivity contribution in [3.8, 4) is 5.75 Å². The minimum atomic E-state index is -3.76. The monoisotopic (exact) mass is 356 g/mol. The number of hydrogen-bond acceptors (Lipinski definition) is 6. The molecule has 0 radical (unpaired) electrons. The summed E-state index contributed by atoms with van der Waals surface area (Å²) in [4.78, 5) is 23.1. The Hall–Kier alpha value is -2.13. The molecule has 24 heavy (non-hydrogen) atoms. The molecule has 0 aliphatic heterocycles. The van der Waals surface area contributed by atoms with Gasteiger partial charge in [-0.15, -0.1) is 0 Å². The quantitative estimate of drug-likeness (QED) is 0.654. The largest absolute Gasteiger partial charge is 0.495 e. The normalized spacial score (nSPS) is 14.1. The number of amides is 1. The Morgan fingerprint density at radius 3 is 2.54 bits per heavy atom. The predicted molar refractivity (Wildman–Crippen MR) is 85.3 cm³/mol. The van der Waals surface area contributed by atoms with Crippen LogP contribution >= 0.6 is 0 Å². The van der Waals surface area contributed by atoms with Gasteiger partial charge in [-0.05, 0) is 31.0 Å². The van der Waals surface area contributed by atoms with Gasteiger partial charge in [-0.1, -0.05) is 0 Å². The van der Waals surface area contributed by atoms with E-state index in [4.69, 9.17) is 4.74 Å². The molecule has 0 spiro atoms. The van der Waals surface area contributed by atoms with Gasteiger partial charge >= 0.3 is 5.97 Å². The molecule has 1 aromatic rings. The lowest BCUT2D eigenvalue weighted by molar-refractivity contribution is -0.140. The number of hydrogen-bond donors (Lipinski definition) is 2. The summed E-state index contributed by atoms with van der Waals surface area (Å²) in [6.07, 6.45) is 1.64. The first kappa shape index (κ1) is 18.2. The van der Waals surface area contributed by atoms with E-state index in [2.05, 4.69) is 14.8 Å². The second kappa shape index (κ2) is 7.63. The van der Waals surface area contributed by atoms with Crippen molar-refractivity contribution in [2.75, 3.05) is 20.8 Å². The minimum Gasteiger partial charge on any atom is -0.495 e. The molecule has 1 fully saturated rings. The van der Waals surface area contributed by atoms with Gasteiger partial charge in [-0.3, -0.25) is 9.59 Å². The molecule has 2 N–H and O–H groups in total. The van der Waals surface area contributed by atoms with Crippen LogP contribution in [0.15, 0.2) is 23.1 Å². The molecule has 1 saturated carbocycles. The standard InChI is InChI=1S/C15H20N2O6S/c1-22-12-6-3-10(15(19)16-8-7-14(18)23-2)9-13(12)24(20,21)17-11-4-5-11/h3,6,9,11,17H,4-5,7-8H2,1-2H3,(H,16,19). The van der Waals surface area contributed by atoms with E-state index in [1.807, 2.05) is 0 Å². The Labute approximate surface area is 140 Å². The van der Waals surface area contributed by atoms with Crippen LogP contribution in [-0.2, 0) is 19.6 Å². The Balaban J connectivity index is 2.15. The van der Waals surface area contributed by atoms with Gasteiger partial charge < -0.3 is 14.8 Å². The highest BCUT2D eigenvalue weighted by atomic mass is 32.2. The van der Waals surface area contributed by atoms with E-state index < -0.39 is 21.9 Å². The molecule has 9 heteroatoms. The Morgan fingerprint density at radius 2 is 1.96 bits per heavy atom. The van der Waals surface area contributed by atoms with Crippen LogP contribution in [0.4, 0.5) is 0 Å². The second-order valence-corrected chi connectivity index (χ2v) is 7.03. The fourth-order valence-electron chi connectivity index (χ4n) is 1.99. The lowest BCUT2D eigenvalue weighted by Gasteiger charge is -2.12. The fraction of sp³-hybridized carbons (Fsp3) is 0.467. The Morgan fingerprint density at radius 1 is 1.25 bits per heavy atom. The third-order valence-corrected chi connectivity index (χ3v) is 5.00. The zero-order valence-electron chi connectivity index (χ0n) is 13.5. The first-order valence-corrected chi connectivity index (χ1v) is 8.91. The Bertz CT molecular complexity index is 727. The van der Waals surface area contributed by atoms with Crippen LogP contribution in [0.3, 0.4) is 0 Å². The van der Waals surface area contributed by atoms with Crippen LogP contribution in [0, 0.1) is 0 Å². The van der Waals surface area contributed by atoms with Crippen LogP contribution in [0.5, 0.6) is 5.75 Å². The minimum absolute atomic E-state index is 0.0345. The predicted octanol–water partition coefficient (Wildman–Crippen LogP) is 0.429. The van der Waals surface area contributed by atoms with Gasteiger partial charge in [0.2, 0.25) is 10.0 Å². The van der Waals surface area contributed by atoms with Gasteiger partial charge in [0.15, 0.2) is 0 Å². The first-order chi connectivity index (χ1) is 11.4.